The first-order chi connectivity index (χ1) is 11.7. The van der Waals surface area contributed by atoms with Crippen molar-refractivity contribution in [2.45, 2.75) is 25.2 Å². The Labute approximate surface area is 140 Å². The topological polar surface area (TPSA) is 52.9 Å². The third-order valence-corrected chi connectivity index (χ3v) is 4.98. The van der Waals surface area contributed by atoms with Gasteiger partial charge in [-0.05, 0) is 24.3 Å². The molecule has 1 aromatic heterocycles. The molecule has 24 heavy (non-hydrogen) atoms. The van der Waals surface area contributed by atoms with E-state index >= 15 is 0 Å². The summed E-state index contributed by atoms with van der Waals surface area (Å²) in [5, 5.41) is 1.08. The number of aromatic nitrogens is 1. The molecule has 0 bridgehead atoms. The summed E-state index contributed by atoms with van der Waals surface area (Å²) >= 11 is 0. The Balaban J connectivity index is 1.43. The number of methoxy groups -OCH3 is 1. The summed E-state index contributed by atoms with van der Waals surface area (Å²) in [7, 11) is 1.66. The van der Waals surface area contributed by atoms with Gasteiger partial charge in [0.1, 0.15) is 12.3 Å². The minimum absolute atomic E-state index is 0.135. The predicted molar refractivity (Wildman–Crippen MR) is 88.9 cm³/mol. The first-order valence-corrected chi connectivity index (χ1v) is 8.38. The molecular weight excluding hydrogens is 308 g/mol. The minimum Gasteiger partial charge on any atom is -0.497 e. The van der Waals surface area contributed by atoms with E-state index in [1.807, 2.05) is 39.9 Å². The van der Waals surface area contributed by atoms with Gasteiger partial charge in [0.25, 0.3) is 0 Å². The highest BCUT2D eigenvalue weighted by Gasteiger charge is 2.40. The summed E-state index contributed by atoms with van der Waals surface area (Å²) in [4.78, 5) is 14.5. The van der Waals surface area contributed by atoms with Gasteiger partial charge >= 0.3 is 0 Å². The predicted octanol–water partition coefficient (Wildman–Crippen LogP) is 2.02. The van der Waals surface area contributed by atoms with Crippen LogP contribution in [0.25, 0.3) is 10.9 Å². The smallest absolute Gasteiger partial charge is 0.242 e. The van der Waals surface area contributed by atoms with Crippen molar-refractivity contribution >= 4 is 16.8 Å². The summed E-state index contributed by atoms with van der Waals surface area (Å²) in [6.45, 7) is 3.04. The molecule has 6 heteroatoms. The molecule has 1 amide bonds. The molecule has 128 valence electrons. The van der Waals surface area contributed by atoms with Crippen LogP contribution in [0.15, 0.2) is 30.5 Å². The Kier molecular flexibility index (Phi) is 3.94. The van der Waals surface area contributed by atoms with Gasteiger partial charge in [0.2, 0.25) is 5.91 Å². The number of hydrogen-bond donors (Lipinski definition) is 0. The van der Waals surface area contributed by atoms with Crippen LogP contribution < -0.4 is 4.74 Å². The third kappa shape index (κ3) is 2.76. The molecule has 3 heterocycles. The quantitative estimate of drug-likeness (QED) is 0.864. The van der Waals surface area contributed by atoms with Crippen LogP contribution >= 0.6 is 0 Å². The van der Waals surface area contributed by atoms with Gasteiger partial charge in [0, 0.05) is 43.0 Å². The number of fused-ring (bicyclic) bond motifs is 1. The molecule has 0 saturated carbocycles. The van der Waals surface area contributed by atoms with E-state index in [4.69, 9.17) is 14.2 Å². The van der Waals surface area contributed by atoms with E-state index in [1.54, 1.807) is 7.11 Å². The average molecular weight is 330 g/mol. The number of amides is 1. The van der Waals surface area contributed by atoms with Crippen molar-refractivity contribution < 1.29 is 19.0 Å². The lowest BCUT2D eigenvalue weighted by Crippen LogP contribution is -2.48. The van der Waals surface area contributed by atoms with Crippen LogP contribution in [0.5, 0.6) is 5.75 Å². The van der Waals surface area contributed by atoms with Crippen LogP contribution in [0, 0.1) is 0 Å². The maximum Gasteiger partial charge on any atom is 0.242 e. The Morgan fingerprint density at radius 1 is 1.21 bits per heavy atom. The molecule has 2 aromatic rings. The molecule has 2 aliphatic rings. The maximum atomic E-state index is 12.6. The normalized spacial score (nSPS) is 20.0. The number of hydrogen-bond acceptors (Lipinski definition) is 4. The Bertz CT molecular complexity index is 739. The van der Waals surface area contributed by atoms with Crippen LogP contribution in [0.1, 0.15) is 12.8 Å². The van der Waals surface area contributed by atoms with E-state index in [0.717, 1.165) is 29.5 Å². The van der Waals surface area contributed by atoms with Crippen molar-refractivity contribution in [3.05, 3.63) is 30.5 Å². The van der Waals surface area contributed by atoms with E-state index in [-0.39, 0.29) is 5.91 Å². The zero-order valence-corrected chi connectivity index (χ0v) is 13.9. The van der Waals surface area contributed by atoms with Gasteiger partial charge in [-0.1, -0.05) is 0 Å². The summed E-state index contributed by atoms with van der Waals surface area (Å²) in [5.74, 6) is 0.522. The van der Waals surface area contributed by atoms with E-state index in [1.165, 1.54) is 0 Å². The van der Waals surface area contributed by atoms with Crippen molar-refractivity contribution in [1.82, 2.24) is 9.47 Å². The summed E-state index contributed by atoms with van der Waals surface area (Å²) in [6.07, 6.45) is 3.46. The largest absolute Gasteiger partial charge is 0.497 e. The number of ether oxygens (including phenoxy) is 3. The minimum atomic E-state index is -0.437. The van der Waals surface area contributed by atoms with Gasteiger partial charge in [-0.2, -0.15) is 0 Å². The lowest BCUT2D eigenvalue weighted by molar-refractivity contribution is -0.187. The van der Waals surface area contributed by atoms with Gasteiger partial charge in [0.15, 0.2) is 5.79 Å². The van der Waals surface area contributed by atoms with Gasteiger partial charge in [-0.3, -0.25) is 4.79 Å². The first kappa shape index (κ1) is 15.5. The summed E-state index contributed by atoms with van der Waals surface area (Å²) in [6, 6.07) is 7.90. The van der Waals surface area contributed by atoms with Crippen LogP contribution in [-0.2, 0) is 20.8 Å². The third-order valence-electron chi connectivity index (χ3n) is 4.98. The second-order valence-corrected chi connectivity index (χ2v) is 6.36. The fourth-order valence-electron chi connectivity index (χ4n) is 3.57. The highest BCUT2D eigenvalue weighted by Crippen LogP contribution is 2.31. The second kappa shape index (κ2) is 6.11. The van der Waals surface area contributed by atoms with Gasteiger partial charge in [-0.25, -0.2) is 0 Å². The molecule has 2 saturated heterocycles. The van der Waals surface area contributed by atoms with Crippen LogP contribution in [-0.4, -0.2) is 54.6 Å². The van der Waals surface area contributed by atoms with Crippen LogP contribution in [0.4, 0.5) is 0 Å². The average Bonchev–Trinajstić information content (AvgIpc) is 3.22. The van der Waals surface area contributed by atoms with Crippen molar-refractivity contribution in [3.63, 3.8) is 0 Å². The molecule has 6 nitrogen and oxygen atoms in total. The number of benzene rings is 1. The molecule has 0 unspecified atom stereocenters. The Hall–Kier alpha value is -2.05. The molecule has 4 rings (SSSR count). The van der Waals surface area contributed by atoms with Crippen molar-refractivity contribution in [3.8, 4) is 5.75 Å². The Morgan fingerprint density at radius 3 is 2.67 bits per heavy atom. The molecule has 2 fully saturated rings. The molecular formula is C18H22N2O4. The van der Waals surface area contributed by atoms with E-state index < -0.39 is 5.79 Å². The highest BCUT2D eigenvalue weighted by atomic mass is 16.7. The summed E-state index contributed by atoms with van der Waals surface area (Å²) in [5.41, 5.74) is 1.04. The van der Waals surface area contributed by atoms with Gasteiger partial charge in [0.05, 0.1) is 20.3 Å². The Morgan fingerprint density at radius 2 is 1.96 bits per heavy atom. The highest BCUT2D eigenvalue weighted by molar-refractivity contribution is 5.84. The molecule has 0 radical (unpaired) electrons. The first-order valence-electron chi connectivity index (χ1n) is 8.38. The van der Waals surface area contributed by atoms with E-state index in [9.17, 15) is 4.79 Å². The van der Waals surface area contributed by atoms with Crippen molar-refractivity contribution in [2.75, 3.05) is 33.4 Å². The molecule has 0 N–H and O–H groups in total. The van der Waals surface area contributed by atoms with Crippen LogP contribution in [0.2, 0.25) is 0 Å². The lowest BCUT2D eigenvalue weighted by Gasteiger charge is -2.37. The number of nitrogens with zero attached hydrogens (tertiary/aromatic N) is 2. The molecule has 1 spiro atoms. The van der Waals surface area contributed by atoms with Crippen molar-refractivity contribution in [2.24, 2.45) is 0 Å². The molecule has 2 aliphatic heterocycles. The number of carbonyl (C=O) groups excluding carboxylic acids is 1. The number of piperidine rings is 1. The number of likely N-dealkylation sites (tertiary alicyclic amines) is 1. The fourth-order valence-corrected chi connectivity index (χ4v) is 3.57. The zero-order valence-electron chi connectivity index (χ0n) is 13.9. The monoisotopic (exact) mass is 330 g/mol. The fraction of sp³-hybridized carbons (Fsp3) is 0.500. The lowest BCUT2D eigenvalue weighted by atomic mass is 10.0. The molecule has 0 aliphatic carbocycles. The van der Waals surface area contributed by atoms with Crippen LogP contribution in [0.3, 0.4) is 0 Å². The second-order valence-electron chi connectivity index (χ2n) is 6.36. The molecule has 1 aromatic carbocycles. The standard InChI is InChI=1S/C18H22N2O4/c1-22-15-2-3-16-14(12-15)4-7-20(16)13-17(21)19-8-5-18(6-9-19)23-10-11-24-18/h2-4,7,12H,5-6,8-11,13H2,1H3. The number of carbonyl (C=O) groups is 1. The van der Waals surface area contributed by atoms with E-state index in [2.05, 4.69) is 0 Å². The molecule has 0 atom stereocenters. The van der Waals surface area contributed by atoms with E-state index in [0.29, 0.717) is 32.8 Å². The maximum absolute atomic E-state index is 12.6. The van der Waals surface area contributed by atoms with Gasteiger partial charge in [-0.15, -0.1) is 0 Å². The zero-order chi connectivity index (χ0) is 16.6. The summed E-state index contributed by atoms with van der Waals surface area (Å²) < 4.78 is 18.7. The SMILES string of the molecule is COc1ccc2c(ccn2CC(=O)N2CCC3(CC2)OCCO3)c1. The van der Waals surface area contributed by atoms with Crippen molar-refractivity contribution in [1.29, 1.82) is 0 Å². The number of rotatable bonds is 3. The van der Waals surface area contributed by atoms with Gasteiger partial charge < -0.3 is 23.7 Å².